The van der Waals surface area contributed by atoms with E-state index in [1.807, 2.05) is 12.2 Å². The maximum Gasteiger partial charge on any atom is 0.234 e. The van der Waals surface area contributed by atoms with Crippen molar-refractivity contribution >= 4 is 12.2 Å². The number of aromatic hydroxyl groups is 3. The Labute approximate surface area is 177 Å². The van der Waals surface area contributed by atoms with Crippen LogP contribution in [0, 0.1) is 5.92 Å². The monoisotopic (exact) mass is 412 g/mol. The quantitative estimate of drug-likeness (QED) is 0.394. The molecule has 5 heteroatoms. The molecule has 1 unspecified atom stereocenters. The minimum atomic E-state index is -0.481. The van der Waals surface area contributed by atoms with Gasteiger partial charge in [0.1, 0.15) is 5.42 Å². The molecule has 162 valence electrons. The summed E-state index contributed by atoms with van der Waals surface area (Å²) in [4.78, 5) is 12.6. The Balaban J connectivity index is 1.70. The second-order valence-electron chi connectivity index (χ2n) is 8.22. The van der Waals surface area contributed by atoms with E-state index >= 15 is 0 Å². The van der Waals surface area contributed by atoms with Crippen LogP contribution in [0.1, 0.15) is 71.1 Å². The second kappa shape index (κ2) is 10.4. The number of fused-ring (bicyclic) bond motifs is 1. The van der Waals surface area contributed by atoms with E-state index in [0.717, 1.165) is 19.3 Å². The maximum absolute atomic E-state index is 12.6. The Morgan fingerprint density at radius 3 is 2.37 bits per heavy atom. The topological polar surface area (TPSA) is 90.9 Å². The molecule has 1 aliphatic carbocycles. The molecule has 0 amide bonds. The Morgan fingerprint density at radius 1 is 0.967 bits per heavy atom. The number of benzene rings is 1. The van der Waals surface area contributed by atoms with Crippen LogP contribution in [0.2, 0.25) is 0 Å². The van der Waals surface area contributed by atoms with Crippen molar-refractivity contribution in [3.63, 3.8) is 0 Å². The highest BCUT2D eigenvalue weighted by molar-refractivity contribution is 5.67. The zero-order valence-electron chi connectivity index (χ0n) is 17.7. The van der Waals surface area contributed by atoms with Crippen LogP contribution in [0.15, 0.2) is 27.4 Å². The van der Waals surface area contributed by atoms with Gasteiger partial charge in [-0.15, -0.1) is 0 Å². The molecule has 0 aliphatic heterocycles. The summed E-state index contributed by atoms with van der Waals surface area (Å²) >= 11 is 0. The number of phenols is 2. The Kier molecular flexibility index (Phi) is 7.61. The Hall–Kier alpha value is -2.69. The average Bonchev–Trinajstić information content (AvgIpc) is 2.74. The molecule has 1 aromatic heterocycles. The van der Waals surface area contributed by atoms with Gasteiger partial charge in [-0.3, -0.25) is 4.79 Å². The summed E-state index contributed by atoms with van der Waals surface area (Å²) in [5.41, 5.74) is 0.332. The number of unbranched alkanes of at least 4 members (excludes halogenated alkanes) is 7. The highest BCUT2D eigenvalue weighted by Gasteiger charge is 2.18. The third kappa shape index (κ3) is 5.26. The Morgan fingerprint density at radius 2 is 1.67 bits per heavy atom. The van der Waals surface area contributed by atoms with Gasteiger partial charge in [-0.25, -0.2) is 0 Å². The summed E-state index contributed by atoms with van der Waals surface area (Å²) in [7, 11) is 0. The lowest BCUT2D eigenvalue weighted by Gasteiger charge is -2.14. The van der Waals surface area contributed by atoms with Gasteiger partial charge in [0, 0.05) is 5.56 Å². The summed E-state index contributed by atoms with van der Waals surface area (Å²) in [5.74, 6) is -0.776. The molecule has 0 saturated heterocycles. The van der Waals surface area contributed by atoms with Crippen LogP contribution in [0.25, 0.3) is 23.5 Å². The van der Waals surface area contributed by atoms with Gasteiger partial charge in [-0.1, -0.05) is 64.4 Å². The summed E-state index contributed by atoms with van der Waals surface area (Å²) in [6.07, 6.45) is 15.9. The van der Waals surface area contributed by atoms with Crippen LogP contribution in [0.5, 0.6) is 17.2 Å². The smallest absolute Gasteiger partial charge is 0.234 e. The SMILES string of the molecule is CCCCCCCCCCC1C=c2oc(-c3ccc(O)c(O)c3)c(O)c(=O)c2=CC1. The van der Waals surface area contributed by atoms with Crippen molar-refractivity contribution in [3.05, 3.63) is 39.1 Å². The third-order valence-corrected chi connectivity index (χ3v) is 5.83. The molecule has 1 atom stereocenters. The lowest BCUT2D eigenvalue weighted by Crippen LogP contribution is -2.41. The molecule has 0 fully saturated rings. The minimum Gasteiger partial charge on any atom is -0.504 e. The van der Waals surface area contributed by atoms with Crippen LogP contribution in [0.4, 0.5) is 0 Å². The number of hydrogen-bond donors (Lipinski definition) is 3. The van der Waals surface area contributed by atoms with Gasteiger partial charge in [-0.05, 0) is 43.0 Å². The zero-order valence-corrected chi connectivity index (χ0v) is 17.7. The molecule has 2 aromatic rings. The summed E-state index contributed by atoms with van der Waals surface area (Å²) in [5, 5.41) is 30.0. The normalized spacial score (nSPS) is 15.3. The van der Waals surface area contributed by atoms with Crippen molar-refractivity contribution in [2.45, 2.75) is 71.1 Å². The van der Waals surface area contributed by atoms with Gasteiger partial charge in [0.15, 0.2) is 17.3 Å². The molecule has 3 N–H and O–H groups in total. The van der Waals surface area contributed by atoms with E-state index in [4.69, 9.17) is 4.42 Å². The minimum absolute atomic E-state index is 0.00595. The van der Waals surface area contributed by atoms with Crippen molar-refractivity contribution in [1.29, 1.82) is 0 Å². The van der Waals surface area contributed by atoms with E-state index in [1.165, 1.54) is 63.1 Å². The standard InChI is InChI=1S/C25H32O5/c1-2-3-4-5-6-7-8-9-10-17-11-13-19-22(15-17)30-25(24(29)23(19)28)18-12-14-20(26)21(27)16-18/h12-17,26-27,29H,2-11H2,1H3. The summed E-state index contributed by atoms with van der Waals surface area (Å²) in [6, 6.07) is 4.05. The molecular weight excluding hydrogens is 380 g/mol. The molecule has 0 radical (unpaired) electrons. The van der Waals surface area contributed by atoms with Crippen LogP contribution in [-0.4, -0.2) is 15.3 Å². The fourth-order valence-electron chi connectivity index (χ4n) is 4.03. The predicted octanol–water partition coefficient (Wildman–Crippen LogP) is 4.54. The van der Waals surface area contributed by atoms with Gasteiger partial charge in [0.25, 0.3) is 0 Å². The first-order valence-corrected chi connectivity index (χ1v) is 11.1. The van der Waals surface area contributed by atoms with Crippen LogP contribution >= 0.6 is 0 Å². The fourth-order valence-corrected chi connectivity index (χ4v) is 4.03. The van der Waals surface area contributed by atoms with Gasteiger partial charge in [0.2, 0.25) is 11.2 Å². The lowest BCUT2D eigenvalue weighted by molar-refractivity contribution is 0.402. The van der Waals surface area contributed by atoms with Crippen LogP contribution < -0.4 is 16.1 Å². The van der Waals surface area contributed by atoms with Crippen molar-refractivity contribution in [1.82, 2.24) is 0 Å². The molecule has 0 saturated carbocycles. The average molecular weight is 413 g/mol. The molecule has 1 aliphatic rings. The first-order chi connectivity index (χ1) is 14.5. The number of hydrogen-bond acceptors (Lipinski definition) is 5. The van der Waals surface area contributed by atoms with E-state index in [-0.39, 0.29) is 17.3 Å². The van der Waals surface area contributed by atoms with E-state index < -0.39 is 11.2 Å². The fraction of sp³-hybridized carbons (Fsp3) is 0.480. The largest absolute Gasteiger partial charge is 0.504 e. The van der Waals surface area contributed by atoms with Crippen LogP contribution in [0.3, 0.4) is 0 Å². The zero-order chi connectivity index (χ0) is 21.5. The first kappa shape index (κ1) is 22.0. The first-order valence-electron chi connectivity index (χ1n) is 11.1. The van der Waals surface area contributed by atoms with Gasteiger partial charge < -0.3 is 19.7 Å². The highest BCUT2D eigenvalue weighted by atomic mass is 16.4. The Bertz CT molecular complexity index is 1030. The second-order valence-corrected chi connectivity index (χ2v) is 8.22. The van der Waals surface area contributed by atoms with Gasteiger partial charge in [-0.2, -0.15) is 0 Å². The van der Waals surface area contributed by atoms with Crippen molar-refractivity contribution in [2.75, 3.05) is 0 Å². The number of rotatable bonds is 10. The van der Waals surface area contributed by atoms with E-state index in [1.54, 1.807) is 0 Å². The highest BCUT2D eigenvalue weighted by Crippen LogP contribution is 2.32. The molecule has 0 bridgehead atoms. The molecular formula is C25H32O5. The van der Waals surface area contributed by atoms with Gasteiger partial charge >= 0.3 is 0 Å². The van der Waals surface area contributed by atoms with Crippen LogP contribution in [-0.2, 0) is 0 Å². The van der Waals surface area contributed by atoms with Crippen molar-refractivity contribution in [3.8, 4) is 28.6 Å². The van der Waals surface area contributed by atoms with Crippen molar-refractivity contribution in [2.24, 2.45) is 5.92 Å². The molecule has 3 rings (SSSR count). The van der Waals surface area contributed by atoms with Gasteiger partial charge in [0.05, 0.1) is 5.22 Å². The predicted molar refractivity (Wildman–Crippen MR) is 119 cm³/mol. The lowest BCUT2D eigenvalue weighted by atomic mass is 9.93. The maximum atomic E-state index is 12.6. The molecule has 1 heterocycles. The van der Waals surface area contributed by atoms with E-state index in [0.29, 0.717) is 22.1 Å². The molecule has 5 nitrogen and oxygen atoms in total. The molecule has 0 spiro atoms. The third-order valence-electron chi connectivity index (χ3n) is 5.83. The molecule has 1 aromatic carbocycles. The van der Waals surface area contributed by atoms with E-state index in [2.05, 4.69) is 6.92 Å². The summed E-state index contributed by atoms with van der Waals surface area (Å²) < 4.78 is 5.88. The van der Waals surface area contributed by atoms with Crippen molar-refractivity contribution < 1.29 is 19.7 Å². The number of phenolic OH excluding ortho intramolecular Hbond substituents is 2. The summed E-state index contributed by atoms with van der Waals surface area (Å²) in [6.45, 7) is 2.23. The van der Waals surface area contributed by atoms with E-state index in [9.17, 15) is 20.1 Å². The molecule has 30 heavy (non-hydrogen) atoms.